The quantitative estimate of drug-likeness (QED) is 0.619. The van der Waals surface area contributed by atoms with Crippen LogP contribution in [0.25, 0.3) is 0 Å². The highest BCUT2D eigenvalue weighted by atomic mass is 127. The molecule has 0 saturated carbocycles. The summed E-state index contributed by atoms with van der Waals surface area (Å²) in [4.78, 5) is 15.1. The molecular weight excluding hydrogens is 465 g/mol. The maximum absolute atomic E-state index is 12.6. The maximum Gasteiger partial charge on any atom is 0.252 e. The molecule has 2 rings (SSSR count). The summed E-state index contributed by atoms with van der Waals surface area (Å²) < 4.78 is 26.5. The van der Waals surface area contributed by atoms with Crippen LogP contribution in [-0.2, 0) is 10.0 Å². The number of sulfonamides is 1. The Balaban J connectivity index is 2.05. The molecule has 1 heterocycles. The average Bonchev–Trinajstić information content (AvgIpc) is 2.60. The van der Waals surface area contributed by atoms with Gasteiger partial charge in [0.2, 0.25) is 10.0 Å². The Morgan fingerprint density at radius 2 is 1.96 bits per heavy atom. The van der Waals surface area contributed by atoms with Gasteiger partial charge in [0.25, 0.3) is 5.91 Å². The van der Waals surface area contributed by atoms with E-state index in [1.807, 2.05) is 0 Å². The van der Waals surface area contributed by atoms with Crippen molar-refractivity contribution in [1.29, 1.82) is 0 Å². The van der Waals surface area contributed by atoms with Crippen molar-refractivity contribution < 1.29 is 13.2 Å². The van der Waals surface area contributed by atoms with Crippen LogP contribution < -0.4 is 5.32 Å². The zero-order valence-corrected chi connectivity index (χ0v) is 18.8. The molecular formula is C18H28IN3O3S. The van der Waals surface area contributed by atoms with Crippen LogP contribution in [0.4, 0.5) is 0 Å². The summed E-state index contributed by atoms with van der Waals surface area (Å²) in [5.41, 5.74) is 0.396. The fourth-order valence-electron chi connectivity index (χ4n) is 2.98. The molecule has 6 nitrogen and oxygen atoms in total. The molecule has 8 heteroatoms. The molecule has 0 aliphatic carbocycles. The second-order valence-corrected chi connectivity index (χ2v) is 10.5. The number of carbonyl (C=O) groups is 1. The number of hydrogen-bond acceptors (Lipinski definition) is 4. The normalized spacial score (nSPS) is 18.1. The Kier molecular flexibility index (Phi) is 7.46. The SMILES string of the molecule is CC1CCN(C(C)CNC(=O)c2cc(S(=O)(=O)N(C)C)ccc2I)CC1. The number of nitrogens with one attached hydrogen (secondary N) is 1. The van der Waals surface area contributed by atoms with Gasteiger partial charge >= 0.3 is 0 Å². The molecule has 0 bridgehead atoms. The summed E-state index contributed by atoms with van der Waals surface area (Å²) in [5.74, 6) is 0.540. The van der Waals surface area contributed by atoms with Gasteiger partial charge in [-0.25, -0.2) is 12.7 Å². The van der Waals surface area contributed by atoms with Crippen molar-refractivity contribution in [2.75, 3.05) is 33.7 Å². The Hall–Kier alpha value is -0.710. The van der Waals surface area contributed by atoms with Crippen LogP contribution in [-0.4, -0.2) is 63.3 Å². The highest BCUT2D eigenvalue weighted by Crippen LogP contribution is 2.20. The number of rotatable bonds is 6. The van der Waals surface area contributed by atoms with Gasteiger partial charge < -0.3 is 5.32 Å². The van der Waals surface area contributed by atoms with Crippen LogP contribution in [0.1, 0.15) is 37.0 Å². The molecule has 1 saturated heterocycles. The molecule has 1 aliphatic heterocycles. The summed E-state index contributed by atoms with van der Waals surface area (Å²) >= 11 is 2.06. The molecule has 1 aliphatic rings. The van der Waals surface area contributed by atoms with Gasteiger partial charge in [0, 0.05) is 30.3 Å². The number of hydrogen-bond donors (Lipinski definition) is 1. The van der Waals surface area contributed by atoms with Gasteiger partial charge in [-0.2, -0.15) is 0 Å². The van der Waals surface area contributed by atoms with E-state index in [-0.39, 0.29) is 16.8 Å². The maximum atomic E-state index is 12.6. The first-order valence-corrected chi connectivity index (χ1v) is 11.4. The van der Waals surface area contributed by atoms with Crippen molar-refractivity contribution in [3.63, 3.8) is 0 Å². The Morgan fingerprint density at radius 3 is 2.54 bits per heavy atom. The monoisotopic (exact) mass is 493 g/mol. The molecule has 0 spiro atoms. The van der Waals surface area contributed by atoms with Gasteiger partial charge in [-0.1, -0.05) is 6.92 Å². The fraction of sp³-hybridized carbons (Fsp3) is 0.611. The van der Waals surface area contributed by atoms with E-state index >= 15 is 0 Å². The molecule has 1 amide bonds. The molecule has 26 heavy (non-hydrogen) atoms. The van der Waals surface area contributed by atoms with E-state index < -0.39 is 10.0 Å². The van der Waals surface area contributed by atoms with Crippen LogP contribution in [0.5, 0.6) is 0 Å². The van der Waals surface area contributed by atoms with Crippen LogP contribution in [0.15, 0.2) is 23.1 Å². The lowest BCUT2D eigenvalue weighted by Crippen LogP contribution is -2.45. The molecule has 0 aromatic heterocycles. The van der Waals surface area contributed by atoms with Gasteiger partial charge in [0.15, 0.2) is 0 Å². The van der Waals surface area contributed by atoms with Gasteiger partial charge in [-0.15, -0.1) is 0 Å². The van der Waals surface area contributed by atoms with E-state index in [1.165, 1.54) is 39.1 Å². The minimum atomic E-state index is -3.56. The molecule has 1 fully saturated rings. The van der Waals surface area contributed by atoms with Crippen LogP contribution >= 0.6 is 22.6 Å². The summed E-state index contributed by atoms with van der Waals surface area (Å²) in [6.45, 7) is 7.07. The van der Waals surface area contributed by atoms with Crippen molar-refractivity contribution in [3.8, 4) is 0 Å². The van der Waals surface area contributed by atoms with Crippen molar-refractivity contribution in [2.24, 2.45) is 5.92 Å². The number of amides is 1. The fourth-order valence-corrected chi connectivity index (χ4v) is 4.49. The van der Waals surface area contributed by atoms with Crippen LogP contribution in [0.3, 0.4) is 0 Å². The van der Waals surface area contributed by atoms with E-state index in [2.05, 4.69) is 46.7 Å². The van der Waals surface area contributed by atoms with Crippen LogP contribution in [0.2, 0.25) is 0 Å². The number of piperidine rings is 1. The van der Waals surface area contributed by atoms with Crippen molar-refractivity contribution >= 4 is 38.5 Å². The summed E-state index contributed by atoms with van der Waals surface area (Å²) in [7, 11) is -0.601. The summed E-state index contributed by atoms with van der Waals surface area (Å²) in [5, 5.41) is 2.96. The first-order valence-electron chi connectivity index (χ1n) is 8.87. The first-order chi connectivity index (χ1) is 12.1. The largest absolute Gasteiger partial charge is 0.350 e. The van der Waals surface area contributed by atoms with Gasteiger partial charge in [-0.3, -0.25) is 9.69 Å². The third kappa shape index (κ3) is 5.17. The van der Waals surface area contributed by atoms with Crippen molar-refractivity contribution in [3.05, 3.63) is 27.3 Å². The molecule has 1 unspecified atom stereocenters. The predicted octanol–water partition coefficient (Wildman–Crippen LogP) is 2.39. The third-order valence-corrected chi connectivity index (χ3v) is 7.71. The molecule has 1 N–H and O–H groups in total. The molecule has 1 atom stereocenters. The Labute approximate surface area is 170 Å². The predicted molar refractivity (Wildman–Crippen MR) is 112 cm³/mol. The van der Waals surface area contributed by atoms with Crippen molar-refractivity contribution in [1.82, 2.24) is 14.5 Å². The number of likely N-dealkylation sites (tertiary alicyclic amines) is 1. The lowest BCUT2D eigenvalue weighted by Gasteiger charge is -2.35. The molecule has 146 valence electrons. The Bertz CT molecular complexity index is 744. The third-order valence-electron chi connectivity index (χ3n) is 4.96. The lowest BCUT2D eigenvalue weighted by molar-refractivity contribution is 0.0920. The zero-order valence-electron chi connectivity index (χ0n) is 15.8. The van der Waals surface area contributed by atoms with E-state index in [0.29, 0.717) is 12.1 Å². The van der Waals surface area contributed by atoms with E-state index in [4.69, 9.17) is 0 Å². The number of carbonyl (C=O) groups excluding carboxylic acids is 1. The number of benzene rings is 1. The molecule has 0 radical (unpaired) electrons. The van der Waals surface area contributed by atoms with E-state index in [9.17, 15) is 13.2 Å². The number of nitrogens with zero attached hydrogens (tertiary/aromatic N) is 2. The molecule has 1 aromatic rings. The van der Waals surface area contributed by atoms with Gasteiger partial charge in [0.1, 0.15) is 0 Å². The standard InChI is InChI=1S/C18H28IN3O3S/c1-13-7-9-22(10-8-13)14(2)12-20-18(23)16-11-15(5-6-17(16)19)26(24,25)21(3)4/h5-6,11,13-14H,7-10,12H2,1-4H3,(H,20,23). The molecule has 1 aromatic carbocycles. The van der Waals surface area contributed by atoms with Gasteiger partial charge in [-0.05, 0) is 79.6 Å². The zero-order chi connectivity index (χ0) is 19.5. The lowest BCUT2D eigenvalue weighted by atomic mass is 9.98. The highest BCUT2D eigenvalue weighted by molar-refractivity contribution is 14.1. The minimum Gasteiger partial charge on any atom is -0.350 e. The van der Waals surface area contributed by atoms with E-state index in [1.54, 1.807) is 6.07 Å². The van der Waals surface area contributed by atoms with Crippen molar-refractivity contribution in [2.45, 2.75) is 37.6 Å². The minimum absolute atomic E-state index is 0.131. The number of halogens is 1. The van der Waals surface area contributed by atoms with Crippen LogP contribution in [0, 0.1) is 9.49 Å². The Morgan fingerprint density at radius 1 is 1.35 bits per heavy atom. The smallest absolute Gasteiger partial charge is 0.252 e. The first kappa shape index (κ1) is 21.6. The van der Waals surface area contributed by atoms with Gasteiger partial charge in [0.05, 0.1) is 10.5 Å². The topological polar surface area (TPSA) is 69.7 Å². The highest BCUT2D eigenvalue weighted by Gasteiger charge is 2.23. The summed E-state index contributed by atoms with van der Waals surface area (Å²) in [6.07, 6.45) is 2.39. The van der Waals surface area contributed by atoms with E-state index in [0.717, 1.165) is 26.9 Å². The second kappa shape index (κ2) is 8.99. The summed E-state index contributed by atoms with van der Waals surface area (Å²) in [6, 6.07) is 4.92. The average molecular weight is 493 g/mol. The second-order valence-electron chi connectivity index (χ2n) is 7.21.